The molecule has 0 aliphatic rings. The second-order valence-corrected chi connectivity index (χ2v) is 6.08. The molecule has 2 heterocycles. The molecule has 0 fully saturated rings. The number of nitrogens with one attached hydrogen (secondary N) is 1. The summed E-state index contributed by atoms with van der Waals surface area (Å²) in [7, 11) is 0. The molecule has 0 saturated carbocycles. The molecule has 0 bridgehead atoms. The highest BCUT2D eigenvalue weighted by molar-refractivity contribution is 6.08. The van der Waals surface area contributed by atoms with Gasteiger partial charge in [0.05, 0.1) is 11.1 Å². The van der Waals surface area contributed by atoms with Crippen molar-refractivity contribution in [1.29, 1.82) is 0 Å². The van der Waals surface area contributed by atoms with Gasteiger partial charge in [-0.2, -0.15) is 0 Å². The normalized spacial score (nSPS) is 10.9. The van der Waals surface area contributed by atoms with Crippen LogP contribution in [0.1, 0.15) is 22.8 Å². The Balaban J connectivity index is 1.75. The first kappa shape index (κ1) is 16.9. The third-order valence-electron chi connectivity index (χ3n) is 4.44. The number of aryl methyl sites for hydroxylation is 1. The molecule has 0 atom stereocenters. The van der Waals surface area contributed by atoms with Crippen molar-refractivity contribution in [2.75, 3.05) is 5.32 Å². The van der Waals surface area contributed by atoms with Gasteiger partial charge in [0.25, 0.3) is 5.91 Å². The summed E-state index contributed by atoms with van der Waals surface area (Å²) in [4.78, 5) is 12.8. The van der Waals surface area contributed by atoms with E-state index >= 15 is 0 Å². The van der Waals surface area contributed by atoms with Gasteiger partial charge in [-0.25, -0.2) is 4.39 Å². The third kappa shape index (κ3) is 3.06. The number of rotatable bonds is 4. The van der Waals surface area contributed by atoms with Gasteiger partial charge in [-0.3, -0.25) is 9.20 Å². The maximum atomic E-state index is 14.2. The van der Waals surface area contributed by atoms with Gasteiger partial charge in [0.1, 0.15) is 5.82 Å². The average Bonchev–Trinajstić information content (AvgIpc) is 3.12. The van der Waals surface area contributed by atoms with Crippen molar-refractivity contribution in [2.45, 2.75) is 13.3 Å². The van der Waals surface area contributed by atoms with Crippen molar-refractivity contribution in [3.05, 3.63) is 83.8 Å². The Bertz CT molecular complexity index is 1140. The minimum atomic E-state index is -0.390. The van der Waals surface area contributed by atoms with E-state index in [0.717, 1.165) is 17.7 Å². The number of carbonyl (C=O) groups is 1. The first-order valence-electron chi connectivity index (χ1n) is 8.67. The van der Waals surface area contributed by atoms with Crippen LogP contribution in [0.25, 0.3) is 17.0 Å². The van der Waals surface area contributed by atoms with Gasteiger partial charge in [-0.15, -0.1) is 10.2 Å². The topological polar surface area (TPSA) is 59.3 Å². The summed E-state index contributed by atoms with van der Waals surface area (Å²) in [5.41, 5.74) is 2.90. The Morgan fingerprint density at radius 3 is 2.63 bits per heavy atom. The average molecular weight is 360 g/mol. The summed E-state index contributed by atoms with van der Waals surface area (Å²) in [5, 5.41) is 11.2. The van der Waals surface area contributed by atoms with Crippen molar-refractivity contribution in [1.82, 2.24) is 14.6 Å². The van der Waals surface area contributed by atoms with Crippen LogP contribution in [-0.4, -0.2) is 20.5 Å². The van der Waals surface area contributed by atoms with E-state index in [2.05, 4.69) is 15.5 Å². The van der Waals surface area contributed by atoms with Crippen LogP contribution in [-0.2, 0) is 6.42 Å². The van der Waals surface area contributed by atoms with E-state index in [1.165, 1.54) is 6.07 Å². The molecule has 2 aromatic heterocycles. The van der Waals surface area contributed by atoms with E-state index in [0.29, 0.717) is 22.6 Å². The Labute approximate surface area is 155 Å². The van der Waals surface area contributed by atoms with Crippen LogP contribution in [0, 0.1) is 5.82 Å². The summed E-state index contributed by atoms with van der Waals surface area (Å²) in [6.45, 7) is 2.03. The summed E-state index contributed by atoms with van der Waals surface area (Å²) >= 11 is 0. The largest absolute Gasteiger partial charge is 0.322 e. The summed E-state index contributed by atoms with van der Waals surface area (Å²) in [6.07, 6.45) is 2.52. The van der Waals surface area contributed by atoms with Crippen molar-refractivity contribution >= 4 is 17.2 Å². The lowest BCUT2D eigenvalue weighted by Crippen LogP contribution is -2.14. The van der Waals surface area contributed by atoms with Gasteiger partial charge in [-0.05, 0) is 42.3 Å². The molecule has 4 aromatic rings. The first-order chi connectivity index (χ1) is 13.2. The number of nitrogens with zero attached hydrogens (tertiary/aromatic N) is 3. The minimum Gasteiger partial charge on any atom is -0.322 e. The number of amides is 1. The zero-order chi connectivity index (χ0) is 18.8. The predicted octanol–water partition coefficient (Wildman–Crippen LogP) is 4.35. The van der Waals surface area contributed by atoms with Gasteiger partial charge < -0.3 is 5.32 Å². The molecule has 0 aliphatic heterocycles. The van der Waals surface area contributed by atoms with Gasteiger partial charge in [-0.1, -0.05) is 37.3 Å². The molecule has 0 radical (unpaired) electrons. The highest BCUT2D eigenvalue weighted by Gasteiger charge is 2.18. The molecule has 6 heteroatoms. The van der Waals surface area contributed by atoms with Crippen molar-refractivity contribution in [2.24, 2.45) is 0 Å². The number of anilines is 1. The van der Waals surface area contributed by atoms with Gasteiger partial charge in [0, 0.05) is 11.9 Å². The second-order valence-electron chi connectivity index (χ2n) is 6.08. The van der Waals surface area contributed by atoms with E-state index in [9.17, 15) is 9.18 Å². The summed E-state index contributed by atoms with van der Waals surface area (Å²) in [6, 6.07) is 17.4. The number of hydrogen-bond donors (Lipinski definition) is 1. The lowest BCUT2D eigenvalue weighted by molar-refractivity contribution is 0.102. The number of pyridine rings is 1. The summed E-state index contributed by atoms with van der Waals surface area (Å²) in [5.74, 6) is -0.320. The van der Waals surface area contributed by atoms with E-state index in [4.69, 9.17) is 0 Å². The molecule has 134 valence electrons. The highest BCUT2D eigenvalue weighted by Crippen LogP contribution is 2.23. The lowest BCUT2D eigenvalue weighted by Gasteiger charge is -2.10. The maximum absolute atomic E-state index is 14.2. The standard InChI is InChI=1S/C21H17FN4O/c1-2-14-8-3-6-12-18(14)23-21(27)16-10-7-13-26-19(24-25-20(16)26)15-9-4-5-11-17(15)22/h3-13H,2H2,1H3,(H,23,27). The van der Waals surface area contributed by atoms with Crippen LogP contribution < -0.4 is 5.32 Å². The minimum absolute atomic E-state index is 0.283. The zero-order valence-electron chi connectivity index (χ0n) is 14.7. The first-order valence-corrected chi connectivity index (χ1v) is 8.67. The molecule has 5 nitrogen and oxygen atoms in total. The van der Waals surface area contributed by atoms with Crippen molar-refractivity contribution in [3.63, 3.8) is 0 Å². The fraction of sp³-hybridized carbons (Fsp3) is 0.0952. The van der Waals surface area contributed by atoms with Gasteiger partial charge >= 0.3 is 0 Å². The molecule has 1 N–H and O–H groups in total. The predicted molar refractivity (Wildman–Crippen MR) is 102 cm³/mol. The Morgan fingerprint density at radius 1 is 1.04 bits per heavy atom. The monoisotopic (exact) mass is 360 g/mol. The molecular weight excluding hydrogens is 343 g/mol. The van der Waals surface area contributed by atoms with Gasteiger partial charge in [0.15, 0.2) is 11.5 Å². The van der Waals surface area contributed by atoms with E-state index in [1.54, 1.807) is 40.9 Å². The summed E-state index contributed by atoms with van der Waals surface area (Å²) < 4.78 is 15.8. The number of halogens is 1. The number of carbonyl (C=O) groups excluding carboxylic acids is 1. The molecule has 2 aromatic carbocycles. The molecule has 0 saturated heterocycles. The fourth-order valence-corrected chi connectivity index (χ4v) is 3.06. The van der Waals surface area contributed by atoms with Crippen LogP contribution in [0.15, 0.2) is 66.9 Å². The SMILES string of the molecule is CCc1ccccc1NC(=O)c1cccn2c(-c3ccccc3F)nnc12. The number of fused-ring (bicyclic) bond motifs is 1. The van der Waals surface area contributed by atoms with E-state index < -0.39 is 5.82 Å². The Kier molecular flexibility index (Phi) is 4.38. The van der Waals surface area contributed by atoms with Crippen LogP contribution in [0.5, 0.6) is 0 Å². The molecule has 4 rings (SSSR count). The van der Waals surface area contributed by atoms with Crippen LogP contribution in [0.2, 0.25) is 0 Å². The van der Waals surface area contributed by atoms with Crippen LogP contribution >= 0.6 is 0 Å². The van der Waals surface area contributed by atoms with E-state index in [-0.39, 0.29) is 5.91 Å². The number of benzene rings is 2. The van der Waals surface area contributed by atoms with Crippen LogP contribution in [0.4, 0.5) is 10.1 Å². The van der Waals surface area contributed by atoms with Gasteiger partial charge in [0.2, 0.25) is 0 Å². The van der Waals surface area contributed by atoms with Crippen molar-refractivity contribution in [3.8, 4) is 11.4 Å². The molecule has 1 amide bonds. The fourth-order valence-electron chi connectivity index (χ4n) is 3.06. The Morgan fingerprint density at radius 2 is 1.81 bits per heavy atom. The number of aromatic nitrogens is 3. The zero-order valence-corrected chi connectivity index (χ0v) is 14.7. The molecule has 27 heavy (non-hydrogen) atoms. The number of para-hydroxylation sites is 1. The number of hydrogen-bond acceptors (Lipinski definition) is 3. The molecule has 0 aliphatic carbocycles. The quantitative estimate of drug-likeness (QED) is 0.589. The van der Waals surface area contributed by atoms with E-state index in [1.807, 2.05) is 31.2 Å². The second kappa shape index (κ2) is 6.99. The third-order valence-corrected chi connectivity index (χ3v) is 4.44. The molecular formula is C21H17FN4O. The maximum Gasteiger partial charge on any atom is 0.259 e. The molecule has 0 spiro atoms. The molecule has 0 unspecified atom stereocenters. The highest BCUT2D eigenvalue weighted by atomic mass is 19.1. The Hall–Kier alpha value is -3.54. The van der Waals surface area contributed by atoms with Crippen molar-refractivity contribution < 1.29 is 9.18 Å². The lowest BCUT2D eigenvalue weighted by atomic mass is 10.1. The smallest absolute Gasteiger partial charge is 0.259 e. The van der Waals surface area contributed by atoms with Crippen LogP contribution in [0.3, 0.4) is 0 Å².